The van der Waals surface area contributed by atoms with Crippen LogP contribution in [0.25, 0.3) is 0 Å². The molecule has 3 nitrogen and oxygen atoms in total. The second-order valence-corrected chi connectivity index (χ2v) is 8.54. The summed E-state index contributed by atoms with van der Waals surface area (Å²) in [6.45, 7) is 2.27. The van der Waals surface area contributed by atoms with E-state index in [9.17, 15) is 10.0 Å². The van der Waals surface area contributed by atoms with Crippen molar-refractivity contribution in [2.45, 2.75) is 115 Å². The Hall–Kier alpha value is -1.35. The molecule has 1 aliphatic rings. The van der Waals surface area contributed by atoms with Crippen LogP contribution < -0.4 is 0 Å². The number of nitrogens with zero attached hydrogens (tertiary/aromatic N) is 1. The van der Waals surface area contributed by atoms with E-state index in [1.54, 1.807) is 0 Å². The maximum absolute atomic E-state index is 12.0. The van der Waals surface area contributed by atoms with E-state index in [4.69, 9.17) is 0 Å². The first-order chi connectivity index (χ1) is 13.7. The molecule has 0 saturated carbocycles. The summed E-state index contributed by atoms with van der Waals surface area (Å²) < 4.78 is 0. The highest BCUT2D eigenvalue weighted by Gasteiger charge is 2.35. The van der Waals surface area contributed by atoms with Gasteiger partial charge in [0, 0.05) is 12.3 Å². The van der Waals surface area contributed by atoms with E-state index < -0.39 is 0 Å². The van der Waals surface area contributed by atoms with Crippen LogP contribution in [-0.2, 0) is 4.79 Å². The number of amides is 1. The molecule has 1 saturated heterocycles. The molecule has 158 valence electrons. The average molecular weight is 388 g/mol. The van der Waals surface area contributed by atoms with E-state index >= 15 is 0 Å². The highest BCUT2D eigenvalue weighted by atomic mass is 16.5. The summed E-state index contributed by atoms with van der Waals surface area (Å²) in [6, 6.07) is 10.3. The van der Waals surface area contributed by atoms with Crippen molar-refractivity contribution in [1.82, 2.24) is 5.06 Å². The molecular formula is C25H41NO2. The fraction of sp³-hybridized carbons (Fsp3) is 0.720. The van der Waals surface area contributed by atoms with Gasteiger partial charge in [0.25, 0.3) is 0 Å². The van der Waals surface area contributed by atoms with Crippen molar-refractivity contribution in [3.05, 3.63) is 35.9 Å². The first-order valence-corrected chi connectivity index (χ1v) is 11.8. The Bertz CT molecular complexity index is 531. The van der Waals surface area contributed by atoms with Crippen molar-refractivity contribution in [1.29, 1.82) is 0 Å². The normalized spacial score (nSPS) is 19.9. The summed E-state index contributed by atoms with van der Waals surface area (Å²) in [6.07, 6.45) is 18.2. The fourth-order valence-electron chi connectivity index (χ4n) is 4.55. The molecule has 3 heteroatoms. The predicted molar refractivity (Wildman–Crippen MR) is 117 cm³/mol. The zero-order valence-electron chi connectivity index (χ0n) is 18.0. The number of hydroxylamine groups is 2. The third-order valence-electron chi connectivity index (χ3n) is 6.28. The molecule has 0 aromatic heterocycles. The van der Waals surface area contributed by atoms with Gasteiger partial charge in [0.15, 0.2) is 0 Å². The molecule has 2 rings (SSSR count). The maximum atomic E-state index is 12.0. The van der Waals surface area contributed by atoms with Crippen LogP contribution in [-0.4, -0.2) is 22.2 Å². The van der Waals surface area contributed by atoms with Gasteiger partial charge in [-0.1, -0.05) is 114 Å². The summed E-state index contributed by atoms with van der Waals surface area (Å²) >= 11 is 0. The molecule has 1 amide bonds. The van der Waals surface area contributed by atoms with Gasteiger partial charge in [-0.15, -0.1) is 0 Å². The topological polar surface area (TPSA) is 40.5 Å². The Balaban J connectivity index is 1.60. The van der Waals surface area contributed by atoms with Crippen LogP contribution in [0, 0.1) is 0 Å². The zero-order chi connectivity index (χ0) is 20.0. The van der Waals surface area contributed by atoms with E-state index in [1.165, 1.54) is 76.2 Å². The predicted octanol–water partition coefficient (Wildman–Crippen LogP) is 7.24. The summed E-state index contributed by atoms with van der Waals surface area (Å²) in [7, 11) is 0. The Morgan fingerprint density at radius 2 is 1.39 bits per heavy atom. The first kappa shape index (κ1) is 22.9. The summed E-state index contributed by atoms with van der Waals surface area (Å²) in [5.74, 6) is 0.146. The zero-order valence-corrected chi connectivity index (χ0v) is 18.0. The molecule has 1 heterocycles. The molecular weight excluding hydrogens is 346 g/mol. The van der Waals surface area contributed by atoms with Crippen LogP contribution in [0.5, 0.6) is 0 Å². The third-order valence-corrected chi connectivity index (χ3v) is 6.28. The second-order valence-electron chi connectivity index (χ2n) is 8.54. The number of benzene rings is 1. The lowest BCUT2D eigenvalue weighted by Gasteiger charge is -2.37. The average Bonchev–Trinajstić information content (AvgIpc) is 2.72. The highest BCUT2D eigenvalue weighted by Crippen LogP contribution is 2.35. The molecule has 1 fully saturated rings. The molecule has 0 unspecified atom stereocenters. The van der Waals surface area contributed by atoms with Gasteiger partial charge >= 0.3 is 0 Å². The summed E-state index contributed by atoms with van der Waals surface area (Å²) in [5.41, 5.74) is 1.25. The highest BCUT2D eigenvalue weighted by molar-refractivity contribution is 5.76. The molecule has 1 N–H and O–H groups in total. The first-order valence-electron chi connectivity index (χ1n) is 11.8. The Labute approximate surface area is 172 Å². The Morgan fingerprint density at radius 1 is 0.857 bits per heavy atom. The van der Waals surface area contributed by atoms with Crippen molar-refractivity contribution >= 4 is 5.91 Å². The molecule has 2 atom stereocenters. The number of rotatable bonds is 14. The number of hydrogen-bond acceptors (Lipinski definition) is 2. The molecule has 0 radical (unpaired) electrons. The van der Waals surface area contributed by atoms with E-state index in [0.29, 0.717) is 6.42 Å². The van der Waals surface area contributed by atoms with Gasteiger partial charge in [0.1, 0.15) is 0 Å². The molecule has 28 heavy (non-hydrogen) atoms. The van der Waals surface area contributed by atoms with Gasteiger partial charge < -0.3 is 0 Å². The summed E-state index contributed by atoms with van der Waals surface area (Å²) in [4.78, 5) is 12.0. The van der Waals surface area contributed by atoms with Crippen LogP contribution in [0.4, 0.5) is 0 Å². The van der Waals surface area contributed by atoms with Gasteiger partial charge in [-0.2, -0.15) is 0 Å². The van der Waals surface area contributed by atoms with Crippen LogP contribution in [0.2, 0.25) is 0 Å². The molecule has 1 aromatic rings. The monoisotopic (exact) mass is 387 g/mol. The van der Waals surface area contributed by atoms with Gasteiger partial charge in [-0.05, 0) is 18.4 Å². The number of unbranched alkanes of at least 4 members (excludes halogenated alkanes) is 11. The van der Waals surface area contributed by atoms with E-state index in [1.807, 2.05) is 18.2 Å². The lowest BCUT2D eigenvalue weighted by molar-refractivity contribution is -0.185. The van der Waals surface area contributed by atoms with Gasteiger partial charge in [0.05, 0.1) is 6.04 Å². The minimum Gasteiger partial charge on any atom is -0.286 e. The lowest BCUT2D eigenvalue weighted by Crippen LogP contribution is -2.45. The molecule has 0 spiro atoms. The van der Waals surface area contributed by atoms with Gasteiger partial charge in [0.2, 0.25) is 5.91 Å². The van der Waals surface area contributed by atoms with Crippen LogP contribution in [0.3, 0.4) is 0 Å². The van der Waals surface area contributed by atoms with Gasteiger partial charge in [-0.3, -0.25) is 10.0 Å². The van der Waals surface area contributed by atoms with E-state index in [-0.39, 0.29) is 17.9 Å². The fourth-order valence-corrected chi connectivity index (χ4v) is 4.55. The van der Waals surface area contributed by atoms with Gasteiger partial charge in [-0.25, -0.2) is 5.06 Å². The largest absolute Gasteiger partial charge is 0.286 e. The minimum absolute atomic E-state index is 0.0632. The van der Waals surface area contributed by atoms with Crippen molar-refractivity contribution in [3.63, 3.8) is 0 Å². The van der Waals surface area contributed by atoms with Crippen LogP contribution in [0.15, 0.2) is 30.3 Å². The number of carbonyl (C=O) groups is 1. The maximum Gasteiger partial charge on any atom is 0.246 e. The van der Waals surface area contributed by atoms with Crippen LogP contribution in [0.1, 0.15) is 115 Å². The standard InChI is InChI=1S/C25H41NO2/c1-2-3-4-5-6-7-8-9-10-11-12-16-19-24-23(20-21-25(27)26(24)28)22-17-14-13-15-18-22/h13-15,17-18,23-24,28H,2-12,16,19-21H2,1H3/t23-,24-/m1/s1. The second kappa shape index (κ2) is 13.8. The Morgan fingerprint density at radius 3 is 1.96 bits per heavy atom. The lowest BCUT2D eigenvalue weighted by atomic mass is 9.82. The smallest absolute Gasteiger partial charge is 0.246 e. The van der Waals surface area contributed by atoms with Crippen molar-refractivity contribution in [3.8, 4) is 0 Å². The van der Waals surface area contributed by atoms with Crippen molar-refractivity contribution < 1.29 is 10.0 Å². The van der Waals surface area contributed by atoms with Crippen molar-refractivity contribution in [2.24, 2.45) is 0 Å². The third kappa shape index (κ3) is 7.95. The van der Waals surface area contributed by atoms with Crippen LogP contribution >= 0.6 is 0 Å². The molecule has 1 aliphatic heterocycles. The minimum atomic E-state index is -0.115. The summed E-state index contributed by atoms with van der Waals surface area (Å²) in [5, 5.41) is 11.4. The SMILES string of the molecule is CCCCCCCCCCCCCC[C@@H]1[C@@H](c2ccccc2)CCC(=O)N1O. The Kier molecular flexibility index (Phi) is 11.3. The molecule has 1 aromatic carbocycles. The van der Waals surface area contributed by atoms with Crippen molar-refractivity contribution in [2.75, 3.05) is 0 Å². The van der Waals surface area contributed by atoms with E-state index in [2.05, 4.69) is 19.1 Å². The number of carbonyl (C=O) groups excluding carboxylic acids is 1. The molecule has 0 bridgehead atoms. The quantitative estimate of drug-likeness (QED) is 0.270. The number of piperidine rings is 1. The number of hydrogen-bond donors (Lipinski definition) is 1. The molecule has 0 aliphatic carbocycles. The van der Waals surface area contributed by atoms with E-state index in [0.717, 1.165) is 24.3 Å².